The zero-order chi connectivity index (χ0) is 15.3. The van der Waals surface area contributed by atoms with Crippen molar-refractivity contribution in [3.8, 4) is 0 Å². The summed E-state index contributed by atoms with van der Waals surface area (Å²) in [5.74, 6) is -0.994. The molecule has 1 aromatic rings. The van der Waals surface area contributed by atoms with Crippen LogP contribution in [0.25, 0.3) is 0 Å². The van der Waals surface area contributed by atoms with Crippen molar-refractivity contribution in [3.05, 3.63) is 35.4 Å². The third kappa shape index (κ3) is 4.52. The molecule has 0 bridgehead atoms. The standard InChI is InChI=1S/C14H20N2O4S/c17-14(18)13-7-5-12(6-8-13)11-15-21(19,20)16-9-3-1-2-4-10-16/h5-8,15H,1-4,9-11H2,(H,17,18). The summed E-state index contributed by atoms with van der Waals surface area (Å²) in [5, 5.41) is 8.81. The first-order valence-corrected chi connectivity index (χ1v) is 8.50. The first-order chi connectivity index (χ1) is 9.99. The molecule has 0 radical (unpaired) electrons. The van der Waals surface area contributed by atoms with Crippen LogP contribution in [0.5, 0.6) is 0 Å². The zero-order valence-corrected chi connectivity index (χ0v) is 12.6. The summed E-state index contributed by atoms with van der Waals surface area (Å²) in [4.78, 5) is 10.8. The summed E-state index contributed by atoms with van der Waals surface area (Å²) in [6.07, 6.45) is 3.94. The number of benzene rings is 1. The van der Waals surface area contributed by atoms with Gasteiger partial charge in [0.2, 0.25) is 0 Å². The number of hydrogen-bond donors (Lipinski definition) is 2. The van der Waals surface area contributed by atoms with E-state index < -0.39 is 16.2 Å². The highest BCUT2D eigenvalue weighted by atomic mass is 32.2. The Morgan fingerprint density at radius 1 is 1.10 bits per heavy atom. The number of rotatable bonds is 5. The molecule has 0 saturated carbocycles. The monoisotopic (exact) mass is 312 g/mol. The van der Waals surface area contributed by atoms with Gasteiger partial charge in [-0.15, -0.1) is 0 Å². The Kier molecular flexibility index (Phi) is 5.33. The third-order valence-corrected chi connectivity index (χ3v) is 5.12. The van der Waals surface area contributed by atoms with Crippen LogP contribution in [0.1, 0.15) is 41.6 Å². The van der Waals surface area contributed by atoms with Crippen LogP contribution in [-0.4, -0.2) is 36.9 Å². The number of carboxylic acids is 1. The Morgan fingerprint density at radius 2 is 1.67 bits per heavy atom. The molecule has 1 fully saturated rings. The quantitative estimate of drug-likeness (QED) is 0.864. The van der Waals surface area contributed by atoms with Gasteiger partial charge in [0.15, 0.2) is 0 Å². The van der Waals surface area contributed by atoms with Crippen molar-refractivity contribution in [1.29, 1.82) is 0 Å². The Hall–Kier alpha value is -1.44. The Morgan fingerprint density at radius 3 is 2.19 bits per heavy atom. The summed E-state index contributed by atoms with van der Waals surface area (Å²) >= 11 is 0. The molecule has 0 amide bonds. The van der Waals surface area contributed by atoms with Crippen LogP contribution in [-0.2, 0) is 16.8 Å². The number of aromatic carboxylic acids is 1. The summed E-state index contributed by atoms with van der Waals surface area (Å²) in [6, 6.07) is 6.18. The van der Waals surface area contributed by atoms with Crippen molar-refractivity contribution in [2.45, 2.75) is 32.2 Å². The average molecular weight is 312 g/mol. The van der Waals surface area contributed by atoms with Gasteiger partial charge < -0.3 is 5.11 Å². The molecule has 1 saturated heterocycles. The van der Waals surface area contributed by atoms with Crippen LogP contribution in [0.2, 0.25) is 0 Å². The topological polar surface area (TPSA) is 86.7 Å². The van der Waals surface area contributed by atoms with E-state index in [0.717, 1.165) is 31.2 Å². The van der Waals surface area contributed by atoms with Crippen molar-refractivity contribution in [1.82, 2.24) is 9.03 Å². The van der Waals surface area contributed by atoms with Crippen LogP contribution < -0.4 is 4.72 Å². The molecule has 0 aliphatic carbocycles. The number of hydrogen-bond acceptors (Lipinski definition) is 3. The molecule has 0 spiro atoms. The molecule has 1 aromatic carbocycles. The zero-order valence-electron chi connectivity index (χ0n) is 11.8. The normalized spacial score (nSPS) is 17.3. The molecule has 21 heavy (non-hydrogen) atoms. The second-order valence-electron chi connectivity index (χ2n) is 5.14. The van der Waals surface area contributed by atoms with E-state index in [4.69, 9.17) is 5.11 Å². The predicted octanol–water partition coefficient (Wildman–Crippen LogP) is 1.60. The van der Waals surface area contributed by atoms with Gasteiger partial charge in [0, 0.05) is 19.6 Å². The van der Waals surface area contributed by atoms with Crippen molar-refractivity contribution in [2.75, 3.05) is 13.1 Å². The molecule has 2 N–H and O–H groups in total. The lowest BCUT2D eigenvalue weighted by Crippen LogP contribution is -2.40. The summed E-state index contributed by atoms with van der Waals surface area (Å²) in [7, 11) is -3.46. The molecule has 1 aliphatic heterocycles. The highest BCUT2D eigenvalue weighted by molar-refractivity contribution is 7.87. The highest BCUT2D eigenvalue weighted by Crippen LogP contribution is 2.13. The molecular weight excluding hydrogens is 292 g/mol. The summed E-state index contributed by atoms with van der Waals surface area (Å²) in [6.45, 7) is 1.29. The average Bonchev–Trinajstić information content (AvgIpc) is 2.75. The van der Waals surface area contributed by atoms with Crippen molar-refractivity contribution in [3.63, 3.8) is 0 Å². The smallest absolute Gasteiger partial charge is 0.335 e. The van der Waals surface area contributed by atoms with Crippen LogP contribution in [0.3, 0.4) is 0 Å². The molecule has 1 heterocycles. The van der Waals surface area contributed by atoms with Gasteiger partial charge in [0.1, 0.15) is 0 Å². The van der Waals surface area contributed by atoms with E-state index in [1.165, 1.54) is 16.4 Å². The van der Waals surface area contributed by atoms with E-state index in [1.54, 1.807) is 12.1 Å². The van der Waals surface area contributed by atoms with E-state index in [-0.39, 0.29) is 12.1 Å². The van der Waals surface area contributed by atoms with Gasteiger partial charge in [0.25, 0.3) is 10.2 Å². The number of nitrogens with zero attached hydrogens (tertiary/aromatic N) is 1. The van der Waals surface area contributed by atoms with E-state index in [2.05, 4.69) is 4.72 Å². The van der Waals surface area contributed by atoms with Crippen LogP contribution in [0.4, 0.5) is 0 Å². The van der Waals surface area contributed by atoms with Crippen molar-refractivity contribution in [2.24, 2.45) is 0 Å². The minimum Gasteiger partial charge on any atom is -0.478 e. The van der Waals surface area contributed by atoms with Crippen molar-refractivity contribution >= 4 is 16.2 Å². The van der Waals surface area contributed by atoms with Gasteiger partial charge in [-0.2, -0.15) is 17.4 Å². The SMILES string of the molecule is O=C(O)c1ccc(CNS(=O)(=O)N2CCCCCC2)cc1. The number of carboxylic acid groups (broad SMARTS) is 1. The van der Waals surface area contributed by atoms with E-state index >= 15 is 0 Å². The lowest BCUT2D eigenvalue weighted by molar-refractivity contribution is 0.0697. The molecule has 0 atom stereocenters. The molecular formula is C14H20N2O4S. The van der Waals surface area contributed by atoms with E-state index in [1.807, 2.05) is 0 Å². The number of nitrogens with one attached hydrogen (secondary N) is 1. The van der Waals surface area contributed by atoms with Crippen molar-refractivity contribution < 1.29 is 18.3 Å². The summed E-state index contributed by atoms with van der Waals surface area (Å²) < 4.78 is 28.5. The van der Waals surface area contributed by atoms with E-state index in [0.29, 0.717) is 13.1 Å². The lowest BCUT2D eigenvalue weighted by Gasteiger charge is -2.20. The maximum Gasteiger partial charge on any atom is 0.335 e. The fourth-order valence-corrected chi connectivity index (χ4v) is 3.58. The molecule has 7 heteroatoms. The second-order valence-corrected chi connectivity index (χ2v) is 6.90. The predicted molar refractivity (Wildman–Crippen MR) is 79.2 cm³/mol. The highest BCUT2D eigenvalue weighted by Gasteiger charge is 2.22. The van der Waals surface area contributed by atoms with Gasteiger partial charge in [-0.1, -0.05) is 25.0 Å². The minimum absolute atomic E-state index is 0.165. The Balaban J connectivity index is 1.95. The van der Waals surface area contributed by atoms with Gasteiger partial charge in [-0.25, -0.2) is 4.79 Å². The molecule has 0 aromatic heterocycles. The Labute approximate surface area is 125 Å². The van der Waals surface area contributed by atoms with Crippen LogP contribution in [0.15, 0.2) is 24.3 Å². The van der Waals surface area contributed by atoms with E-state index in [9.17, 15) is 13.2 Å². The minimum atomic E-state index is -3.46. The fraction of sp³-hybridized carbons (Fsp3) is 0.500. The van der Waals surface area contributed by atoms with Gasteiger partial charge in [0.05, 0.1) is 5.56 Å². The van der Waals surface area contributed by atoms with Crippen LogP contribution >= 0.6 is 0 Å². The third-order valence-electron chi connectivity index (χ3n) is 3.56. The maximum atomic E-state index is 12.2. The maximum absolute atomic E-state index is 12.2. The lowest BCUT2D eigenvalue weighted by atomic mass is 10.1. The molecule has 6 nitrogen and oxygen atoms in total. The molecule has 0 unspecified atom stereocenters. The van der Waals surface area contributed by atoms with Gasteiger partial charge in [-0.3, -0.25) is 0 Å². The van der Waals surface area contributed by atoms with Gasteiger partial charge in [-0.05, 0) is 30.5 Å². The van der Waals surface area contributed by atoms with Gasteiger partial charge >= 0.3 is 5.97 Å². The molecule has 1 aliphatic rings. The number of carbonyl (C=O) groups is 1. The summed E-state index contributed by atoms with van der Waals surface area (Å²) in [5.41, 5.74) is 0.924. The Bertz CT molecular complexity index is 575. The first-order valence-electron chi connectivity index (χ1n) is 7.06. The molecule has 2 rings (SSSR count). The fourth-order valence-electron chi connectivity index (χ4n) is 2.31. The second kappa shape index (κ2) is 7.02. The van der Waals surface area contributed by atoms with Crippen LogP contribution in [0, 0.1) is 0 Å². The first kappa shape index (κ1) is 15.9. The largest absolute Gasteiger partial charge is 0.478 e. The molecule has 116 valence electrons.